The van der Waals surface area contributed by atoms with Gasteiger partial charge in [-0.05, 0) is 36.0 Å². The van der Waals surface area contributed by atoms with E-state index in [0.29, 0.717) is 34.1 Å². The minimum absolute atomic E-state index is 0.216. The van der Waals surface area contributed by atoms with Gasteiger partial charge in [0.2, 0.25) is 0 Å². The third kappa shape index (κ3) is 2.81. The Labute approximate surface area is 126 Å². The van der Waals surface area contributed by atoms with Gasteiger partial charge in [0.1, 0.15) is 6.26 Å². The van der Waals surface area contributed by atoms with Crippen molar-refractivity contribution >= 4 is 29.1 Å². The van der Waals surface area contributed by atoms with Gasteiger partial charge in [-0.15, -0.1) is 0 Å². The molecule has 0 bridgehead atoms. The predicted molar refractivity (Wildman–Crippen MR) is 76.1 cm³/mol. The molecule has 2 aromatic rings. The summed E-state index contributed by atoms with van der Waals surface area (Å²) in [7, 11) is 0. The molecule has 0 aliphatic heterocycles. The number of amides is 1. The lowest BCUT2D eigenvalue weighted by molar-refractivity contribution is 0.0942. The first kappa shape index (κ1) is 13.5. The lowest BCUT2D eigenvalue weighted by Gasteiger charge is -2.05. The summed E-state index contributed by atoms with van der Waals surface area (Å²) in [6.45, 7) is 0.606. The number of benzene rings is 1. The number of halogens is 2. The molecular weight excluding hydrogens is 299 g/mol. The molecule has 0 unspecified atom stereocenters. The first-order chi connectivity index (χ1) is 9.65. The molecule has 4 nitrogen and oxygen atoms in total. The Kier molecular flexibility index (Phi) is 3.68. The summed E-state index contributed by atoms with van der Waals surface area (Å²) >= 11 is 12.1. The van der Waals surface area contributed by atoms with Gasteiger partial charge >= 0.3 is 0 Å². The Morgan fingerprint density at radius 1 is 1.40 bits per heavy atom. The molecule has 6 heteroatoms. The fourth-order valence-corrected chi connectivity index (χ4v) is 2.85. The van der Waals surface area contributed by atoms with Gasteiger partial charge in [0, 0.05) is 22.7 Å². The number of hydrogen-bond acceptors (Lipinski definition) is 3. The highest BCUT2D eigenvalue weighted by molar-refractivity contribution is 6.35. The van der Waals surface area contributed by atoms with Crippen LogP contribution in [0.4, 0.5) is 0 Å². The number of carbonyl (C=O) groups is 1. The zero-order chi connectivity index (χ0) is 14.1. The summed E-state index contributed by atoms with van der Waals surface area (Å²) in [5.41, 5.74) is 1.39. The van der Waals surface area contributed by atoms with Crippen molar-refractivity contribution in [3.8, 4) is 0 Å². The molecule has 3 rings (SSSR count). The largest absolute Gasteiger partial charge is 0.364 e. The second kappa shape index (κ2) is 5.46. The molecule has 0 saturated heterocycles. The average Bonchev–Trinajstić information content (AvgIpc) is 2.97. The van der Waals surface area contributed by atoms with E-state index in [9.17, 15) is 4.79 Å². The molecule has 1 aromatic carbocycles. The fraction of sp³-hybridized carbons (Fsp3) is 0.286. The zero-order valence-corrected chi connectivity index (χ0v) is 12.0. The summed E-state index contributed by atoms with van der Waals surface area (Å²) in [5.74, 6) is 0.577. The van der Waals surface area contributed by atoms with Gasteiger partial charge in [0.05, 0.1) is 0 Å². The second-order valence-corrected chi connectivity index (χ2v) is 5.71. The summed E-state index contributed by atoms with van der Waals surface area (Å²) in [6.07, 6.45) is 2.39. The van der Waals surface area contributed by atoms with E-state index >= 15 is 0 Å². The maximum absolute atomic E-state index is 11.7. The van der Waals surface area contributed by atoms with Crippen molar-refractivity contribution in [2.24, 2.45) is 5.92 Å². The Hall–Kier alpha value is -1.52. The maximum atomic E-state index is 11.7. The molecule has 20 heavy (non-hydrogen) atoms. The van der Waals surface area contributed by atoms with Gasteiger partial charge in [-0.3, -0.25) is 4.79 Å². The van der Waals surface area contributed by atoms with Crippen LogP contribution in [0.15, 0.2) is 35.1 Å². The van der Waals surface area contributed by atoms with Crippen LogP contribution in [0.25, 0.3) is 0 Å². The third-order valence-electron chi connectivity index (χ3n) is 3.48. The van der Waals surface area contributed by atoms with Crippen LogP contribution in [0.3, 0.4) is 0 Å². The molecule has 1 N–H and O–H groups in total. The number of hydrogen-bond donors (Lipinski definition) is 1. The highest BCUT2D eigenvalue weighted by atomic mass is 35.5. The monoisotopic (exact) mass is 310 g/mol. The first-order valence-corrected chi connectivity index (χ1v) is 7.04. The minimum atomic E-state index is -0.216. The first-order valence-electron chi connectivity index (χ1n) is 6.28. The van der Waals surface area contributed by atoms with E-state index in [1.54, 1.807) is 6.07 Å². The molecule has 0 spiro atoms. The van der Waals surface area contributed by atoms with Crippen LogP contribution in [-0.2, 0) is 0 Å². The van der Waals surface area contributed by atoms with Crippen molar-refractivity contribution in [2.45, 2.75) is 12.3 Å². The number of aromatic nitrogens is 1. The summed E-state index contributed by atoms with van der Waals surface area (Å²) in [6, 6.07) is 7.08. The third-order valence-corrected chi connectivity index (χ3v) is 4.04. The number of nitrogens with zero attached hydrogens (tertiary/aromatic N) is 1. The molecule has 104 valence electrons. The lowest BCUT2D eigenvalue weighted by Crippen LogP contribution is -2.26. The van der Waals surface area contributed by atoms with Crippen molar-refractivity contribution in [1.82, 2.24) is 10.5 Å². The molecular formula is C14H12Cl2N2O2. The van der Waals surface area contributed by atoms with E-state index in [0.717, 1.165) is 12.0 Å². The van der Waals surface area contributed by atoms with Crippen molar-refractivity contribution in [2.75, 3.05) is 6.54 Å². The van der Waals surface area contributed by atoms with E-state index in [1.165, 1.54) is 12.3 Å². The van der Waals surface area contributed by atoms with Gasteiger partial charge in [-0.1, -0.05) is 34.4 Å². The maximum Gasteiger partial charge on any atom is 0.273 e. The molecule has 1 amide bonds. The van der Waals surface area contributed by atoms with Gasteiger partial charge in [0.25, 0.3) is 5.91 Å². The number of nitrogens with one attached hydrogen (secondary N) is 1. The Bertz CT molecular complexity index is 628. The molecule has 1 fully saturated rings. The van der Waals surface area contributed by atoms with E-state index in [-0.39, 0.29) is 5.91 Å². The van der Waals surface area contributed by atoms with Gasteiger partial charge < -0.3 is 9.84 Å². The van der Waals surface area contributed by atoms with Gasteiger partial charge in [-0.2, -0.15) is 0 Å². The van der Waals surface area contributed by atoms with Crippen LogP contribution >= 0.6 is 23.2 Å². The van der Waals surface area contributed by atoms with Crippen LogP contribution in [-0.4, -0.2) is 17.6 Å². The summed E-state index contributed by atoms with van der Waals surface area (Å²) in [4.78, 5) is 11.7. The molecule has 1 saturated carbocycles. The fourth-order valence-electron chi connectivity index (χ4n) is 2.30. The standard InChI is InChI=1S/C14H12Cl2N2O2/c15-9-1-2-10(12(16)6-9)11-5-8(11)7-17-14(19)13-3-4-20-18-13/h1-4,6,8,11H,5,7H2,(H,17,19)/t8-,11+/m0/s1. The Morgan fingerprint density at radius 3 is 2.95 bits per heavy atom. The van der Waals surface area contributed by atoms with E-state index < -0.39 is 0 Å². The minimum Gasteiger partial charge on any atom is -0.364 e. The van der Waals surface area contributed by atoms with Crippen molar-refractivity contribution in [3.05, 3.63) is 51.8 Å². The number of carbonyl (C=O) groups excluding carboxylic acids is 1. The van der Waals surface area contributed by atoms with Crippen LogP contribution in [0.5, 0.6) is 0 Å². The van der Waals surface area contributed by atoms with Crippen molar-refractivity contribution in [3.63, 3.8) is 0 Å². The van der Waals surface area contributed by atoms with Crippen molar-refractivity contribution in [1.29, 1.82) is 0 Å². The molecule has 1 aliphatic rings. The van der Waals surface area contributed by atoms with Crippen molar-refractivity contribution < 1.29 is 9.32 Å². The zero-order valence-electron chi connectivity index (χ0n) is 10.5. The normalized spacial score (nSPS) is 20.7. The molecule has 1 aromatic heterocycles. The topological polar surface area (TPSA) is 55.1 Å². The van der Waals surface area contributed by atoms with Crippen LogP contribution in [0.1, 0.15) is 28.4 Å². The molecule has 1 heterocycles. The van der Waals surface area contributed by atoms with Crippen LogP contribution in [0.2, 0.25) is 10.0 Å². The quantitative estimate of drug-likeness (QED) is 0.940. The molecule has 1 aliphatic carbocycles. The predicted octanol–water partition coefficient (Wildman–Crippen LogP) is 3.51. The lowest BCUT2D eigenvalue weighted by atomic mass is 10.1. The average molecular weight is 311 g/mol. The highest BCUT2D eigenvalue weighted by Gasteiger charge is 2.39. The van der Waals surface area contributed by atoms with Crippen LogP contribution in [0, 0.1) is 5.92 Å². The molecule has 0 radical (unpaired) electrons. The Balaban J connectivity index is 1.56. The van der Waals surface area contributed by atoms with Crippen LogP contribution < -0.4 is 5.32 Å². The summed E-state index contributed by atoms with van der Waals surface area (Å²) in [5, 5.41) is 7.76. The summed E-state index contributed by atoms with van der Waals surface area (Å²) < 4.78 is 4.63. The van der Waals surface area contributed by atoms with Gasteiger partial charge in [0.15, 0.2) is 5.69 Å². The Morgan fingerprint density at radius 2 is 2.25 bits per heavy atom. The van der Waals surface area contributed by atoms with E-state index in [2.05, 4.69) is 15.0 Å². The SMILES string of the molecule is O=C(NC[C@@H]1C[C@H]1c1ccc(Cl)cc1Cl)c1ccon1. The number of rotatable bonds is 4. The van der Waals surface area contributed by atoms with Gasteiger partial charge in [-0.25, -0.2) is 0 Å². The van der Waals surface area contributed by atoms with E-state index in [4.69, 9.17) is 23.2 Å². The van der Waals surface area contributed by atoms with E-state index in [1.807, 2.05) is 12.1 Å². The molecule has 2 atom stereocenters. The smallest absolute Gasteiger partial charge is 0.273 e. The second-order valence-electron chi connectivity index (χ2n) is 4.86. The highest BCUT2D eigenvalue weighted by Crippen LogP contribution is 2.49.